The molecule has 2 aromatic heterocycles. The van der Waals surface area contributed by atoms with Crippen LogP contribution in [0.2, 0.25) is 5.02 Å². The molecular weight excluding hydrogens is 380 g/mol. The van der Waals surface area contributed by atoms with Gasteiger partial charge in [0.15, 0.2) is 0 Å². The van der Waals surface area contributed by atoms with Crippen molar-refractivity contribution in [3.8, 4) is 11.3 Å². The maximum Gasteiger partial charge on any atom is 0.270 e. The molecule has 0 unspecified atom stereocenters. The monoisotopic (exact) mass is 400 g/mol. The number of fused-ring (bicyclic) bond motifs is 1. The fraction of sp³-hybridized carbons (Fsp3) is 0.368. The lowest BCUT2D eigenvalue weighted by molar-refractivity contribution is 0.0342. The molecular formula is C19H21ClN6O2. The topological polar surface area (TPSA) is 84.6 Å². The molecule has 0 radical (unpaired) electrons. The Kier molecular flexibility index (Phi) is 5.52. The van der Waals surface area contributed by atoms with Crippen LogP contribution in [-0.4, -0.2) is 69.3 Å². The van der Waals surface area contributed by atoms with E-state index in [1.807, 2.05) is 19.1 Å². The van der Waals surface area contributed by atoms with Crippen molar-refractivity contribution in [3.05, 3.63) is 47.4 Å². The largest absolute Gasteiger partial charge is 0.379 e. The van der Waals surface area contributed by atoms with Gasteiger partial charge in [-0.1, -0.05) is 23.7 Å². The standard InChI is InChI=1S/C19H21ClN6O2/c1-13(11-25-6-8-28-9-7-25)23-18(27)17-10-16(14-2-4-15(20)5-3-14)24-19-21-12-22-26(17)19/h2-5,10,12-13H,6-9,11H2,1H3,(H,23,27)/t13-/m0/s1. The molecule has 1 aromatic carbocycles. The molecule has 3 heterocycles. The lowest BCUT2D eigenvalue weighted by Crippen LogP contribution is -2.46. The van der Waals surface area contributed by atoms with Crippen LogP contribution in [0.5, 0.6) is 0 Å². The normalized spacial score (nSPS) is 16.2. The number of hydrogen-bond acceptors (Lipinski definition) is 6. The molecule has 4 rings (SSSR count). The van der Waals surface area contributed by atoms with Gasteiger partial charge in [0.2, 0.25) is 0 Å². The van der Waals surface area contributed by atoms with Crippen molar-refractivity contribution >= 4 is 23.3 Å². The maximum atomic E-state index is 13.0. The van der Waals surface area contributed by atoms with Crippen molar-refractivity contribution < 1.29 is 9.53 Å². The summed E-state index contributed by atoms with van der Waals surface area (Å²) in [6.07, 6.45) is 1.39. The van der Waals surface area contributed by atoms with Gasteiger partial charge in [-0.3, -0.25) is 9.69 Å². The number of amides is 1. The zero-order valence-electron chi connectivity index (χ0n) is 15.5. The Labute approximate surface area is 167 Å². The summed E-state index contributed by atoms with van der Waals surface area (Å²) in [7, 11) is 0. The quantitative estimate of drug-likeness (QED) is 0.704. The first-order valence-corrected chi connectivity index (χ1v) is 9.55. The van der Waals surface area contributed by atoms with E-state index in [-0.39, 0.29) is 11.9 Å². The number of hydrogen-bond donors (Lipinski definition) is 1. The minimum Gasteiger partial charge on any atom is -0.379 e. The van der Waals surface area contributed by atoms with Crippen molar-refractivity contribution in [1.82, 2.24) is 29.8 Å². The number of aromatic nitrogens is 4. The van der Waals surface area contributed by atoms with Crippen LogP contribution in [-0.2, 0) is 4.74 Å². The molecule has 1 atom stereocenters. The van der Waals surface area contributed by atoms with E-state index in [2.05, 4.69) is 25.3 Å². The summed E-state index contributed by atoms with van der Waals surface area (Å²) in [5, 5.41) is 7.84. The second-order valence-electron chi connectivity index (χ2n) is 6.79. The molecule has 0 bridgehead atoms. The van der Waals surface area contributed by atoms with Gasteiger partial charge in [-0.15, -0.1) is 0 Å². The predicted molar refractivity (Wildman–Crippen MR) is 105 cm³/mol. The molecule has 8 nitrogen and oxygen atoms in total. The maximum absolute atomic E-state index is 13.0. The van der Waals surface area contributed by atoms with Crippen LogP contribution in [0.15, 0.2) is 36.7 Å². The van der Waals surface area contributed by atoms with Crippen LogP contribution >= 0.6 is 11.6 Å². The Morgan fingerprint density at radius 2 is 2.04 bits per heavy atom. The van der Waals surface area contributed by atoms with E-state index in [0.717, 1.165) is 38.4 Å². The first-order valence-electron chi connectivity index (χ1n) is 9.18. The molecule has 1 saturated heterocycles. The third-order valence-corrected chi connectivity index (χ3v) is 4.89. The highest BCUT2D eigenvalue weighted by molar-refractivity contribution is 6.30. The minimum absolute atomic E-state index is 0.0173. The highest BCUT2D eigenvalue weighted by Gasteiger charge is 2.19. The zero-order valence-corrected chi connectivity index (χ0v) is 16.3. The van der Waals surface area contributed by atoms with Gasteiger partial charge in [-0.25, -0.2) is 4.98 Å². The van der Waals surface area contributed by atoms with Crippen LogP contribution < -0.4 is 5.32 Å². The van der Waals surface area contributed by atoms with Crippen LogP contribution in [0.4, 0.5) is 0 Å². The molecule has 0 aliphatic carbocycles. The molecule has 1 amide bonds. The molecule has 1 N–H and O–H groups in total. The van der Waals surface area contributed by atoms with Gasteiger partial charge in [0.25, 0.3) is 11.7 Å². The van der Waals surface area contributed by atoms with E-state index in [9.17, 15) is 4.79 Å². The first kappa shape index (κ1) is 18.8. The van der Waals surface area contributed by atoms with E-state index in [1.54, 1.807) is 18.2 Å². The molecule has 9 heteroatoms. The summed E-state index contributed by atoms with van der Waals surface area (Å²) in [5.74, 6) is 0.160. The van der Waals surface area contributed by atoms with Crippen molar-refractivity contribution in [1.29, 1.82) is 0 Å². The van der Waals surface area contributed by atoms with Crippen molar-refractivity contribution in [2.45, 2.75) is 13.0 Å². The van der Waals surface area contributed by atoms with Crippen molar-refractivity contribution in [2.24, 2.45) is 0 Å². The zero-order chi connectivity index (χ0) is 19.5. The number of carbonyl (C=O) groups is 1. The SMILES string of the molecule is C[C@@H](CN1CCOCC1)NC(=O)c1cc(-c2ccc(Cl)cc2)nc2ncnn12. The summed E-state index contributed by atoms with van der Waals surface area (Å²) in [5.41, 5.74) is 1.88. The third-order valence-electron chi connectivity index (χ3n) is 4.64. The van der Waals surface area contributed by atoms with E-state index in [0.29, 0.717) is 22.2 Å². The molecule has 0 saturated carbocycles. The number of carbonyl (C=O) groups excluding carboxylic acids is 1. The average Bonchev–Trinajstić information content (AvgIpc) is 3.17. The van der Waals surface area contributed by atoms with E-state index >= 15 is 0 Å². The average molecular weight is 401 g/mol. The van der Waals surface area contributed by atoms with Gasteiger partial charge in [0, 0.05) is 36.3 Å². The van der Waals surface area contributed by atoms with Crippen LogP contribution in [0.1, 0.15) is 17.4 Å². The summed E-state index contributed by atoms with van der Waals surface area (Å²) in [4.78, 5) is 23.9. The fourth-order valence-corrected chi connectivity index (χ4v) is 3.38. The fourth-order valence-electron chi connectivity index (χ4n) is 3.26. The molecule has 146 valence electrons. The first-order chi connectivity index (χ1) is 13.6. The van der Waals surface area contributed by atoms with E-state index < -0.39 is 0 Å². The van der Waals surface area contributed by atoms with E-state index in [4.69, 9.17) is 16.3 Å². The number of nitrogens with one attached hydrogen (secondary N) is 1. The Morgan fingerprint density at radius 1 is 1.29 bits per heavy atom. The van der Waals surface area contributed by atoms with Crippen molar-refractivity contribution in [2.75, 3.05) is 32.8 Å². The lowest BCUT2D eigenvalue weighted by Gasteiger charge is -2.29. The van der Waals surface area contributed by atoms with Gasteiger partial charge in [-0.05, 0) is 25.1 Å². The van der Waals surface area contributed by atoms with Crippen LogP contribution in [0.3, 0.4) is 0 Å². The predicted octanol–water partition coefficient (Wildman–Crippen LogP) is 1.90. The number of halogens is 1. The Hall–Kier alpha value is -2.55. The molecule has 28 heavy (non-hydrogen) atoms. The van der Waals surface area contributed by atoms with Gasteiger partial charge in [-0.2, -0.15) is 14.6 Å². The second-order valence-corrected chi connectivity index (χ2v) is 7.23. The van der Waals surface area contributed by atoms with E-state index in [1.165, 1.54) is 10.8 Å². The second kappa shape index (κ2) is 8.22. The molecule has 3 aromatic rings. The van der Waals surface area contributed by atoms with Crippen LogP contribution in [0.25, 0.3) is 17.0 Å². The number of benzene rings is 1. The Balaban J connectivity index is 1.57. The van der Waals surface area contributed by atoms with Gasteiger partial charge in [0.1, 0.15) is 12.0 Å². The highest BCUT2D eigenvalue weighted by Crippen LogP contribution is 2.21. The Bertz CT molecular complexity index is 968. The lowest BCUT2D eigenvalue weighted by atomic mass is 10.1. The summed E-state index contributed by atoms with van der Waals surface area (Å²) < 4.78 is 6.83. The third kappa shape index (κ3) is 4.14. The number of ether oxygens (including phenoxy) is 1. The summed E-state index contributed by atoms with van der Waals surface area (Å²) in [6.45, 7) is 5.98. The number of rotatable bonds is 5. The molecule has 1 fully saturated rings. The molecule has 0 spiro atoms. The van der Waals surface area contributed by atoms with Crippen LogP contribution in [0, 0.1) is 0 Å². The smallest absolute Gasteiger partial charge is 0.270 e. The van der Waals surface area contributed by atoms with Crippen molar-refractivity contribution in [3.63, 3.8) is 0 Å². The van der Waals surface area contributed by atoms with Gasteiger partial charge in [0.05, 0.1) is 18.9 Å². The summed E-state index contributed by atoms with van der Waals surface area (Å²) >= 11 is 5.97. The number of nitrogens with zero attached hydrogens (tertiary/aromatic N) is 5. The molecule has 1 aliphatic heterocycles. The van der Waals surface area contributed by atoms with Gasteiger partial charge >= 0.3 is 0 Å². The Morgan fingerprint density at radius 3 is 2.79 bits per heavy atom. The summed E-state index contributed by atoms with van der Waals surface area (Å²) in [6, 6.07) is 9.01. The number of morpholine rings is 1. The van der Waals surface area contributed by atoms with Gasteiger partial charge < -0.3 is 10.1 Å². The molecule has 1 aliphatic rings. The minimum atomic E-state index is -0.214. The highest BCUT2D eigenvalue weighted by atomic mass is 35.5.